The molecule has 0 saturated heterocycles. The van der Waals surface area contributed by atoms with Crippen molar-refractivity contribution >= 4 is 24.8 Å². The van der Waals surface area contributed by atoms with Crippen molar-refractivity contribution in [3.8, 4) is 5.75 Å². The summed E-state index contributed by atoms with van der Waals surface area (Å²) in [5.41, 5.74) is 8.42. The first-order valence-electron chi connectivity index (χ1n) is 4.44. The molecule has 1 aliphatic heterocycles. The second-order valence-corrected chi connectivity index (χ2v) is 3.30. The normalized spacial score (nSPS) is 18.1. The fraction of sp³-hybridized carbons (Fsp3) is 0.400. The Kier molecular flexibility index (Phi) is 5.98. The number of ether oxygens (including phenoxy) is 1. The van der Waals surface area contributed by atoms with E-state index < -0.39 is 0 Å². The average Bonchev–Trinajstić information content (AvgIpc) is 2.18. The van der Waals surface area contributed by atoms with Crippen LogP contribution in [-0.2, 0) is 6.54 Å². The van der Waals surface area contributed by atoms with Gasteiger partial charge in [0.1, 0.15) is 5.75 Å². The number of fused-ring (bicyclic) bond motifs is 1. The summed E-state index contributed by atoms with van der Waals surface area (Å²) in [6, 6.07) is 6.18. The minimum atomic E-state index is 0. The van der Waals surface area contributed by atoms with Crippen LogP contribution >= 0.6 is 24.8 Å². The van der Waals surface area contributed by atoms with Gasteiger partial charge in [0.2, 0.25) is 0 Å². The topological polar surface area (TPSA) is 47.3 Å². The van der Waals surface area contributed by atoms with Gasteiger partial charge in [-0.2, -0.15) is 0 Å². The number of nitrogens with one attached hydrogen (secondary N) is 1. The summed E-state index contributed by atoms with van der Waals surface area (Å²) in [4.78, 5) is 0. The minimum Gasteiger partial charge on any atom is -0.497 e. The first kappa shape index (κ1) is 14.5. The van der Waals surface area contributed by atoms with E-state index in [1.165, 1.54) is 11.1 Å². The Bertz CT molecular complexity index is 320. The molecule has 2 rings (SSSR count). The number of halogens is 2. The number of methoxy groups -OCH3 is 1. The van der Waals surface area contributed by atoms with E-state index in [0.717, 1.165) is 18.8 Å². The standard InChI is InChI=1S/C10H14N2O.2ClH/c1-13-8-2-3-9-7(4-8)5-12-6-10(9)11;;/h2-4,10,12H,5-6,11H2,1H3;2*1H. The van der Waals surface area contributed by atoms with Gasteiger partial charge in [-0.25, -0.2) is 0 Å². The van der Waals surface area contributed by atoms with E-state index in [9.17, 15) is 0 Å². The second-order valence-electron chi connectivity index (χ2n) is 3.30. The highest BCUT2D eigenvalue weighted by Crippen LogP contribution is 2.24. The van der Waals surface area contributed by atoms with Crippen LogP contribution in [0.5, 0.6) is 5.75 Å². The maximum Gasteiger partial charge on any atom is 0.119 e. The van der Waals surface area contributed by atoms with Crippen molar-refractivity contribution in [2.24, 2.45) is 5.73 Å². The molecule has 0 radical (unpaired) electrons. The summed E-state index contributed by atoms with van der Waals surface area (Å²) in [5.74, 6) is 0.898. The zero-order valence-corrected chi connectivity index (χ0v) is 10.2. The first-order valence-corrected chi connectivity index (χ1v) is 4.44. The summed E-state index contributed by atoms with van der Waals surface area (Å²) in [6.07, 6.45) is 0. The SMILES string of the molecule is COc1ccc2c(c1)CNCC2N.Cl.Cl. The van der Waals surface area contributed by atoms with Crippen molar-refractivity contribution in [2.45, 2.75) is 12.6 Å². The Balaban J connectivity index is 0.000000980. The second kappa shape index (κ2) is 6.18. The molecule has 5 heteroatoms. The van der Waals surface area contributed by atoms with E-state index in [1.54, 1.807) is 7.11 Å². The zero-order chi connectivity index (χ0) is 9.26. The Hall–Kier alpha value is -0.480. The predicted molar refractivity (Wildman–Crippen MR) is 66.1 cm³/mol. The molecule has 0 fully saturated rings. The molecule has 1 aliphatic rings. The molecular weight excluding hydrogens is 235 g/mol. The third-order valence-electron chi connectivity index (χ3n) is 2.43. The molecule has 1 aromatic rings. The van der Waals surface area contributed by atoms with Crippen LogP contribution in [0.15, 0.2) is 18.2 Å². The van der Waals surface area contributed by atoms with Crippen LogP contribution in [0.25, 0.3) is 0 Å². The van der Waals surface area contributed by atoms with Crippen molar-refractivity contribution in [3.63, 3.8) is 0 Å². The van der Waals surface area contributed by atoms with Crippen LogP contribution < -0.4 is 15.8 Å². The van der Waals surface area contributed by atoms with Gasteiger partial charge in [-0.3, -0.25) is 0 Å². The van der Waals surface area contributed by atoms with Gasteiger partial charge >= 0.3 is 0 Å². The molecule has 0 aromatic heterocycles. The Morgan fingerprint density at radius 3 is 2.80 bits per heavy atom. The molecule has 15 heavy (non-hydrogen) atoms. The smallest absolute Gasteiger partial charge is 0.119 e. The van der Waals surface area contributed by atoms with Gasteiger partial charge in [-0.1, -0.05) is 6.07 Å². The van der Waals surface area contributed by atoms with Gasteiger partial charge in [0.05, 0.1) is 7.11 Å². The molecule has 1 aromatic carbocycles. The van der Waals surface area contributed by atoms with Crippen molar-refractivity contribution in [3.05, 3.63) is 29.3 Å². The molecular formula is C10H16Cl2N2O. The van der Waals surface area contributed by atoms with Crippen LogP contribution in [0.4, 0.5) is 0 Å². The number of nitrogens with two attached hydrogens (primary N) is 1. The van der Waals surface area contributed by atoms with Crippen molar-refractivity contribution in [2.75, 3.05) is 13.7 Å². The molecule has 3 nitrogen and oxygen atoms in total. The third kappa shape index (κ3) is 2.98. The summed E-state index contributed by atoms with van der Waals surface area (Å²) >= 11 is 0. The molecule has 0 amide bonds. The molecule has 1 unspecified atom stereocenters. The summed E-state index contributed by atoms with van der Waals surface area (Å²) in [5, 5.41) is 3.26. The van der Waals surface area contributed by atoms with Crippen molar-refractivity contribution < 1.29 is 4.74 Å². The number of hydrogen-bond donors (Lipinski definition) is 2. The van der Waals surface area contributed by atoms with Gasteiger partial charge in [0.15, 0.2) is 0 Å². The fourth-order valence-corrected chi connectivity index (χ4v) is 1.70. The quantitative estimate of drug-likeness (QED) is 0.797. The van der Waals surface area contributed by atoms with Crippen LogP contribution in [0, 0.1) is 0 Å². The fourth-order valence-electron chi connectivity index (χ4n) is 1.70. The van der Waals surface area contributed by atoms with E-state index in [4.69, 9.17) is 10.5 Å². The number of rotatable bonds is 1. The minimum absolute atomic E-state index is 0. The van der Waals surface area contributed by atoms with Crippen molar-refractivity contribution in [1.82, 2.24) is 5.32 Å². The van der Waals surface area contributed by atoms with Gasteiger partial charge in [0, 0.05) is 19.1 Å². The Morgan fingerprint density at radius 2 is 2.13 bits per heavy atom. The van der Waals surface area contributed by atoms with Crippen LogP contribution in [0.2, 0.25) is 0 Å². The summed E-state index contributed by atoms with van der Waals surface area (Å²) in [6.45, 7) is 1.75. The lowest BCUT2D eigenvalue weighted by atomic mass is 9.97. The van der Waals surface area contributed by atoms with E-state index >= 15 is 0 Å². The van der Waals surface area contributed by atoms with Crippen molar-refractivity contribution in [1.29, 1.82) is 0 Å². The van der Waals surface area contributed by atoms with E-state index in [-0.39, 0.29) is 30.9 Å². The number of hydrogen-bond acceptors (Lipinski definition) is 3. The maximum absolute atomic E-state index is 5.93. The highest BCUT2D eigenvalue weighted by Gasteiger charge is 2.15. The third-order valence-corrected chi connectivity index (χ3v) is 2.43. The molecule has 0 saturated carbocycles. The van der Waals surface area contributed by atoms with E-state index in [1.807, 2.05) is 12.1 Å². The van der Waals surface area contributed by atoms with Gasteiger partial charge in [0.25, 0.3) is 0 Å². The Labute approximate surface area is 102 Å². The lowest BCUT2D eigenvalue weighted by molar-refractivity contribution is 0.412. The molecule has 0 bridgehead atoms. The molecule has 0 aliphatic carbocycles. The van der Waals surface area contributed by atoms with Crippen LogP contribution in [0.3, 0.4) is 0 Å². The molecule has 1 atom stereocenters. The molecule has 1 heterocycles. The van der Waals surface area contributed by atoms with E-state index in [0.29, 0.717) is 0 Å². The lowest BCUT2D eigenvalue weighted by Crippen LogP contribution is -2.32. The summed E-state index contributed by atoms with van der Waals surface area (Å²) < 4.78 is 5.15. The molecule has 3 N–H and O–H groups in total. The Morgan fingerprint density at radius 1 is 1.40 bits per heavy atom. The average molecular weight is 251 g/mol. The number of benzene rings is 1. The van der Waals surface area contributed by atoms with Gasteiger partial charge in [-0.05, 0) is 23.3 Å². The maximum atomic E-state index is 5.93. The highest BCUT2D eigenvalue weighted by molar-refractivity contribution is 5.85. The highest BCUT2D eigenvalue weighted by atomic mass is 35.5. The largest absolute Gasteiger partial charge is 0.497 e. The van der Waals surface area contributed by atoms with Crippen LogP contribution in [-0.4, -0.2) is 13.7 Å². The van der Waals surface area contributed by atoms with Gasteiger partial charge in [-0.15, -0.1) is 24.8 Å². The zero-order valence-electron chi connectivity index (χ0n) is 8.53. The summed E-state index contributed by atoms with van der Waals surface area (Å²) in [7, 11) is 1.68. The van der Waals surface area contributed by atoms with E-state index in [2.05, 4.69) is 11.4 Å². The lowest BCUT2D eigenvalue weighted by Gasteiger charge is -2.23. The molecule has 86 valence electrons. The van der Waals surface area contributed by atoms with Crippen LogP contribution in [0.1, 0.15) is 17.2 Å². The van der Waals surface area contributed by atoms with Gasteiger partial charge < -0.3 is 15.8 Å². The molecule has 0 spiro atoms. The first-order chi connectivity index (χ1) is 6.31. The predicted octanol–water partition coefficient (Wildman–Crippen LogP) is 1.64. The monoisotopic (exact) mass is 250 g/mol.